The molecular weight excluding hydrogens is 507 g/mol. The maximum atomic E-state index is 12.8. The summed E-state index contributed by atoms with van der Waals surface area (Å²) in [5.74, 6) is -1.11. The van der Waals surface area contributed by atoms with Crippen molar-refractivity contribution in [1.29, 1.82) is 0 Å². The van der Waals surface area contributed by atoms with Crippen molar-refractivity contribution in [3.05, 3.63) is 66.1 Å². The van der Waals surface area contributed by atoms with Crippen LogP contribution in [0.15, 0.2) is 51.7 Å². The first kappa shape index (κ1) is 20.6. The van der Waals surface area contributed by atoms with Crippen molar-refractivity contribution in [2.24, 2.45) is 0 Å². The fraction of sp³-hybridized carbons (Fsp3) is 0.0556. The van der Waals surface area contributed by atoms with E-state index in [0.717, 1.165) is 23.5 Å². The second-order valence-electron chi connectivity index (χ2n) is 6.03. The highest BCUT2D eigenvalue weighted by atomic mass is 79.9. The van der Waals surface area contributed by atoms with Gasteiger partial charge in [0.25, 0.3) is 11.5 Å². The summed E-state index contributed by atoms with van der Waals surface area (Å²) in [6.45, 7) is 0. The average Bonchev–Trinajstić information content (AvgIpc) is 2.97. The lowest BCUT2D eigenvalue weighted by Crippen LogP contribution is -2.17. The van der Waals surface area contributed by atoms with E-state index in [1.165, 1.54) is 12.1 Å². The minimum atomic E-state index is -4.85. The minimum Gasteiger partial charge on any atom is -0.406 e. The smallest absolute Gasteiger partial charge is 0.406 e. The van der Waals surface area contributed by atoms with Gasteiger partial charge in [0.2, 0.25) is 0 Å². The van der Waals surface area contributed by atoms with E-state index in [1.54, 1.807) is 22.6 Å². The number of nitrogens with zero attached hydrogens (tertiary/aromatic N) is 1. The molecule has 4 rings (SSSR count). The fourth-order valence-electron chi connectivity index (χ4n) is 2.88. The van der Waals surface area contributed by atoms with E-state index >= 15 is 0 Å². The van der Waals surface area contributed by atoms with Crippen molar-refractivity contribution >= 4 is 67.6 Å². The Morgan fingerprint density at radius 1 is 1.23 bits per heavy atom. The molecule has 0 fully saturated rings. The number of nitrogens with one attached hydrogen (secondary N) is 2. The van der Waals surface area contributed by atoms with Crippen LogP contribution in [0.25, 0.3) is 16.6 Å². The Morgan fingerprint density at radius 3 is 2.73 bits per heavy atom. The van der Waals surface area contributed by atoms with Gasteiger partial charge in [-0.25, -0.2) is 0 Å². The van der Waals surface area contributed by atoms with Gasteiger partial charge in [-0.3, -0.25) is 14.0 Å². The molecule has 12 heteroatoms. The van der Waals surface area contributed by atoms with Gasteiger partial charge >= 0.3 is 6.36 Å². The molecule has 0 bridgehead atoms. The third kappa shape index (κ3) is 3.98. The summed E-state index contributed by atoms with van der Waals surface area (Å²) in [4.78, 5) is 28.0. The SMILES string of the molecule is O=C(Nc1cccc(OC(F)(F)F)c1)c1sc(=S)n2c1[nH]c(=O)c1cc(Br)ccc12. The van der Waals surface area contributed by atoms with Crippen LogP contribution >= 0.6 is 39.5 Å². The first-order chi connectivity index (χ1) is 14.1. The van der Waals surface area contributed by atoms with Gasteiger partial charge in [0.15, 0.2) is 3.95 Å². The topological polar surface area (TPSA) is 75.6 Å². The molecule has 30 heavy (non-hydrogen) atoms. The van der Waals surface area contributed by atoms with Crippen molar-refractivity contribution in [2.45, 2.75) is 6.36 Å². The molecule has 2 aromatic carbocycles. The molecule has 6 nitrogen and oxygen atoms in total. The van der Waals surface area contributed by atoms with Crippen molar-refractivity contribution < 1.29 is 22.7 Å². The molecule has 0 aliphatic heterocycles. The fourth-order valence-corrected chi connectivity index (χ4v) is 4.52. The van der Waals surface area contributed by atoms with Gasteiger partial charge in [-0.2, -0.15) is 0 Å². The van der Waals surface area contributed by atoms with Crippen LogP contribution in [0.2, 0.25) is 0 Å². The van der Waals surface area contributed by atoms with Gasteiger partial charge in [-0.1, -0.05) is 33.3 Å². The van der Waals surface area contributed by atoms with Crippen LogP contribution in [0, 0.1) is 3.95 Å². The van der Waals surface area contributed by atoms with E-state index in [4.69, 9.17) is 12.2 Å². The van der Waals surface area contributed by atoms with Crippen molar-refractivity contribution in [3.8, 4) is 5.75 Å². The Hall–Kier alpha value is -2.70. The summed E-state index contributed by atoms with van der Waals surface area (Å²) >= 11 is 9.64. The number of halogens is 4. The first-order valence-electron chi connectivity index (χ1n) is 8.17. The number of hydrogen-bond acceptors (Lipinski definition) is 5. The lowest BCUT2D eigenvalue weighted by molar-refractivity contribution is -0.274. The molecule has 0 unspecified atom stereocenters. The number of ether oxygens (including phenoxy) is 1. The van der Waals surface area contributed by atoms with Crippen LogP contribution in [0.4, 0.5) is 18.9 Å². The molecule has 154 valence electrons. The number of alkyl halides is 3. The maximum Gasteiger partial charge on any atom is 0.573 e. The van der Waals surface area contributed by atoms with Gasteiger partial charge in [-0.05, 0) is 42.5 Å². The van der Waals surface area contributed by atoms with E-state index in [2.05, 4.69) is 31.0 Å². The number of aromatic amines is 1. The van der Waals surface area contributed by atoms with E-state index in [9.17, 15) is 22.8 Å². The number of carbonyl (C=O) groups is 1. The number of thiazole rings is 1. The molecule has 0 spiro atoms. The van der Waals surface area contributed by atoms with Crippen molar-refractivity contribution in [1.82, 2.24) is 9.38 Å². The Balaban J connectivity index is 1.76. The summed E-state index contributed by atoms with van der Waals surface area (Å²) in [6, 6.07) is 9.95. The third-order valence-electron chi connectivity index (χ3n) is 4.02. The average molecular weight is 516 g/mol. The molecule has 0 aliphatic rings. The largest absolute Gasteiger partial charge is 0.573 e. The summed E-state index contributed by atoms with van der Waals surface area (Å²) in [5, 5.41) is 2.89. The zero-order valence-corrected chi connectivity index (χ0v) is 17.8. The Morgan fingerprint density at radius 2 is 2.00 bits per heavy atom. The number of rotatable bonds is 3. The molecule has 0 aliphatic carbocycles. The first-order valence-corrected chi connectivity index (χ1v) is 10.2. The number of carbonyl (C=O) groups excluding carboxylic acids is 1. The maximum absolute atomic E-state index is 12.8. The van der Waals surface area contributed by atoms with Crippen LogP contribution < -0.4 is 15.6 Å². The monoisotopic (exact) mass is 515 g/mol. The van der Waals surface area contributed by atoms with E-state index in [-0.39, 0.29) is 16.2 Å². The second-order valence-corrected chi connectivity index (χ2v) is 8.59. The number of benzene rings is 2. The van der Waals surface area contributed by atoms with Crippen molar-refractivity contribution in [3.63, 3.8) is 0 Å². The molecule has 0 atom stereocenters. The Bertz CT molecular complexity index is 1430. The molecule has 0 saturated carbocycles. The number of H-pyrrole nitrogens is 1. The molecule has 2 N–H and O–H groups in total. The van der Waals surface area contributed by atoms with Gasteiger partial charge < -0.3 is 15.0 Å². The highest BCUT2D eigenvalue weighted by Gasteiger charge is 2.31. The third-order valence-corrected chi connectivity index (χ3v) is 5.88. The summed E-state index contributed by atoms with van der Waals surface area (Å²) in [7, 11) is 0. The molecule has 2 heterocycles. The quantitative estimate of drug-likeness (QED) is 0.354. The zero-order valence-electron chi connectivity index (χ0n) is 14.5. The molecule has 1 amide bonds. The molecule has 0 radical (unpaired) electrons. The minimum absolute atomic E-state index is 0.0892. The van der Waals surface area contributed by atoms with Gasteiger partial charge in [0.1, 0.15) is 16.3 Å². The molecule has 2 aromatic heterocycles. The van der Waals surface area contributed by atoms with Crippen LogP contribution in [-0.4, -0.2) is 21.7 Å². The highest BCUT2D eigenvalue weighted by molar-refractivity contribution is 9.10. The van der Waals surface area contributed by atoms with Gasteiger partial charge in [0.05, 0.1) is 10.9 Å². The summed E-state index contributed by atoms with van der Waals surface area (Å²) < 4.78 is 43.7. The lowest BCUT2D eigenvalue weighted by Gasteiger charge is -2.10. The predicted octanol–water partition coefficient (Wildman–Crippen LogP) is 5.49. The van der Waals surface area contributed by atoms with Crippen molar-refractivity contribution in [2.75, 3.05) is 5.32 Å². The highest BCUT2D eigenvalue weighted by Crippen LogP contribution is 2.27. The summed E-state index contributed by atoms with van der Waals surface area (Å²) in [5.41, 5.74) is 0.405. The molecular formula is C18H9BrF3N3O3S2. The van der Waals surface area contributed by atoms with E-state index in [0.29, 0.717) is 19.3 Å². The van der Waals surface area contributed by atoms with E-state index in [1.807, 2.05) is 0 Å². The predicted molar refractivity (Wildman–Crippen MR) is 113 cm³/mol. The Labute approximate surface area is 183 Å². The summed E-state index contributed by atoms with van der Waals surface area (Å²) in [6.07, 6.45) is -4.85. The zero-order chi connectivity index (χ0) is 21.6. The van der Waals surface area contributed by atoms with Crippen LogP contribution in [-0.2, 0) is 0 Å². The van der Waals surface area contributed by atoms with Gasteiger partial charge in [-0.15, -0.1) is 13.2 Å². The van der Waals surface area contributed by atoms with E-state index < -0.39 is 23.6 Å². The van der Waals surface area contributed by atoms with Crippen LogP contribution in [0.5, 0.6) is 5.75 Å². The number of anilines is 1. The number of fused-ring (bicyclic) bond motifs is 3. The molecule has 0 saturated heterocycles. The second kappa shape index (κ2) is 7.52. The molecule has 4 aromatic rings. The Kier molecular flexibility index (Phi) is 5.16. The normalized spacial score (nSPS) is 11.7. The van der Waals surface area contributed by atoms with Gasteiger partial charge in [0, 0.05) is 16.2 Å². The lowest BCUT2D eigenvalue weighted by atomic mass is 10.2. The number of aromatic nitrogens is 2. The number of hydrogen-bond donors (Lipinski definition) is 2. The van der Waals surface area contributed by atoms with Crippen LogP contribution in [0.1, 0.15) is 9.67 Å². The van der Waals surface area contributed by atoms with Crippen LogP contribution in [0.3, 0.4) is 0 Å². The standard InChI is InChI=1S/C18H9BrF3N3O3S2/c19-8-4-5-12-11(6-8)15(26)24-14-13(30-17(29)25(12)14)16(27)23-9-2-1-3-10(7-9)28-18(20,21)22/h1-7H,(H,23,27)(H,24,26). The number of amides is 1.